The standard InChI is InChI=1S/C15H16F3N5O.ClH/c16-15(17,18)11-5-1-2-6-13(11)23-9-12(21-22-23)14(24)20-10-4-3-7-19-8-10;/h1-2,5-6,9-10,19H,3-4,7-8H2,(H,20,24);1H/t10-;/m0./s1. The summed E-state index contributed by atoms with van der Waals surface area (Å²) in [6.45, 7) is 1.58. The largest absolute Gasteiger partial charge is 0.418 e. The van der Waals surface area contributed by atoms with Gasteiger partial charge in [-0.2, -0.15) is 13.2 Å². The number of para-hydroxylation sites is 1. The van der Waals surface area contributed by atoms with Gasteiger partial charge in [0, 0.05) is 12.6 Å². The van der Waals surface area contributed by atoms with Crippen molar-refractivity contribution in [2.45, 2.75) is 25.1 Å². The van der Waals surface area contributed by atoms with E-state index >= 15 is 0 Å². The van der Waals surface area contributed by atoms with Gasteiger partial charge < -0.3 is 10.6 Å². The van der Waals surface area contributed by atoms with Crippen molar-refractivity contribution in [3.05, 3.63) is 41.7 Å². The van der Waals surface area contributed by atoms with Gasteiger partial charge in [0.15, 0.2) is 5.69 Å². The van der Waals surface area contributed by atoms with Gasteiger partial charge in [-0.05, 0) is 31.5 Å². The maximum atomic E-state index is 13.1. The van der Waals surface area contributed by atoms with Crippen LogP contribution in [-0.2, 0) is 6.18 Å². The first-order valence-corrected chi connectivity index (χ1v) is 7.55. The summed E-state index contributed by atoms with van der Waals surface area (Å²) in [6.07, 6.45) is -1.50. The molecule has 1 fully saturated rings. The molecular weight excluding hydrogens is 359 g/mol. The normalized spacial score (nSPS) is 17.6. The van der Waals surface area contributed by atoms with Crippen LogP contribution < -0.4 is 10.6 Å². The molecule has 6 nitrogen and oxygen atoms in total. The number of carbonyl (C=O) groups is 1. The maximum absolute atomic E-state index is 13.1. The molecule has 0 bridgehead atoms. The lowest BCUT2D eigenvalue weighted by atomic mass is 10.1. The highest BCUT2D eigenvalue weighted by Crippen LogP contribution is 2.33. The molecule has 0 aliphatic carbocycles. The molecule has 25 heavy (non-hydrogen) atoms. The number of alkyl halides is 3. The SMILES string of the molecule is Cl.O=C(N[C@H]1CCCNC1)c1cn(-c2ccccc2C(F)(F)F)nn1. The molecule has 1 saturated heterocycles. The van der Waals surface area contributed by atoms with Crippen molar-refractivity contribution in [2.24, 2.45) is 0 Å². The second-order valence-corrected chi connectivity index (χ2v) is 5.58. The van der Waals surface area contributed by atoms with Crippen LogP contribution >= 0.6 is 12.4 Å². The Morgan fingerprint density at radius 2 is 2.08 bits per heavy atom. The summed E-state index contributed by atoms with van der Waals surface area (Å²) in [5.74, 6) is -0.445. The lowest BCUT2D eigenvalue weighted by Gasteiger charge is -2.23. The maximum Gasteiger partial charge on any atom is 0.418 e. The molecule has 1 aromatic carbocycles. The van der Waals surface area contributed by atoms with Crippen molar-refractivity contribution in [3.8, 4) is 5.69 Å². The molecule has 2 heterocycles. The molecule has 1 amide bonds. The van der Waals surface area contributed by atoms with Crippen LogP contribution in [0, 0.1) is 0 Å². The zero-order valence-electron chi connectivity index (χ0n) is 13.1. The minimum atomic E-state index is -4.52. The second-order valence-electron chi connectivity index (χ2n) is 5.58. The van der Waals surface area contributed by atoms with Gasteiger partial charge in [0.05, 0.1) is 17.4 Å². The zero-order valence-corrected chi connectivity index (χ0v) is 13.9. The summed E-state index contributed by atoms with van der Waals surface area (Å²) >= 11 is 0. The summed E-state index contributed by atoms with van der Waals surface area (Å²) in [5, 5.41) is 13.3. The van der Waals surface area contributed by atoms with Crippen LogP contribution in [0.25, 0.3) is 5.69 Å². The lowest BCUT2D eigenvalue weighted by Crippen LogP contribution is -2.45. The van der Waals surface area contributed by atoms with Crippen LogP contribution in [0.2, 0.25) is 0 Å². The van der Waals surface area contributed by atoms with E-state index in [0.29, 0.717) is 6.54 Å². The number of amides is 1. The lowest BCUT2D eigenvalue weighted by molar-refractivity contribution is -0.137. The molecule has 3 rings (SSSR count). The van der Waals surface area contributed by atoms with Gasteiger partial charge in [-0.3, -0.25) is 4.79 Å². The van der Waals surface area contributed by atoms with Crippen LogP contribution in [0.4, 0.5) is 13.2 Å². The van der Waals surface area contributed by atoms with Crippen molar-refractivity contribution < 1.29 is 18.0 Å². The van der Waals surface area contributed by atoms with Crippen molar-refractivity contribution in [1.82, 2.24) is 25.6 Å². The molecular formula is C15H17ClF3N5O. The number of benzene rings is 1. The fourth-order valence-electron chi connectivity index (χ4n) is 2.63. The number of rotatable bonds is 3. The molecule has 0 saturated carbocycles. The molecule has 136 valence electrons. The van der Waals surface area contributed by atoms with Gasteiger partial charge in [-0.25, -0.2) is 4.68 Å². The molecule has 0 radical (unpaired) electrons. The average molecular weight is 376 g/mol. The van der Waals surface area contributed by atoms with Gasteiger partial charge in [0.2, 0.25) is 0 Å². The van der Waals surface area contributed by atoms with E-state index in [0.717, 1.165) is 30.1 Å². The minimum absolute atomic E-state index is 0. The average Bonchev–Trinajstić information content (AvgIpc) is 3.05. The van der Waals surface area contributed by atoms with Crippen LogP contribution in [0.5, 0.6) is 0 Å². The number of hydrogen-bond donors (Lipinski definition) is 2. The Bertz CT molecular complexity index is 728. The quantitative estimate of drug-likeness (QED) is 0.862. The summed E-state index contributed by atoms with van der Waals surface area (Å²) in [4.78, 5) is 12.2. The number of halogens is 4. The summed E-state index contributed by atoms with van der Waals surface area (Å²) in [6, 6.07) is 5.00. The number of nitrogens with one attached hydrogen (secondary N) is 2. The third kappa shape index (κ3) is 4.49. The Morgan fingerprint density at radius 1 is 1.32 bits per heavy atom. The highest BCUT2D eigenvalue weighted by molar-refractivity contribution is 5.92. The molecule has 1 aliphatic heterocycles. The van der Waals surface area contributed by atoms with E-state index in [2.05, 4.69) is 20.9 Å². The fourth-order valence-corrected chi connectivity index (χ4v) is 2.63. The number of carbonyl (C=O) groups excluding carboxylic acids is 1. The molecule has 2 aromatic rings. The topological polar surface area (TPSA) is 71.8 Å². The summed E-state index contributed by atoms with van der Waals surface area (Å²) in [5.41, 5.74) is -1.02. The number of hydrogen-bond acceptors (Lipinski definition) is 4. The van der Waals surface area contributed by atoms with Gasteiger partial charge >= 0.3 is 6.18 Å². The first-order valence-electron chi connectivity index (χ1n) is 7.55. The molecule has 0 unspecified atom stereocenters. The third-order valence-electron chi connectivity index (χ3n) is 3.81. The first kappa shape index (κ1) is 19.2. The summed E-state index contributed by atoms with van der Waals surface area (Å²) < 4.78 is 40.2. The number of aromatic nitrogens is 3. The van der Waals surface area contributed by atoms with E-state index in [1.54, 1.807) is 0 Å². The Labute approximate surface area is 148 Å². The Hall–Kier alpha value is -2.13. The van der Waals surface area contributed by atoms with Crippen molar-refractivity contribution in [3.63, 3.8) is 0 Å². The third-order valence-corrected chi connectivity index (χ3v) is 3.81. The predicted octanol–water partition coefficient (Wildman–Crippen LogP) is 2.19. The Kier molecular flexibility index (Phi) is 6.02. The number of nitrogens with zero attached hydrogens (tertiary/aromatic N) is 3. The molecule has 2 N–H and O–H groups in total. The minimum Gasteiger partial charge on any atom is -0.347 e. The summed E-state index contributed by atoms with van der Waals surface area (Å²) in [7, 11) is 0. The zero-order chi connectivity index (χ0) is 17.2. The Balaban J connectivity index is 0.00000225. The van der Waals surface area contributed by atoms with E-state index in [4.69, 9.17) is 0 Å². The van der Waals surface area contributed by atoms with E-state index in [9.17, 15) is 18.0 Å². The highest BCUT2D eigenvalue weighted by atomic mass is 35.5. The molecule has 1 aromatic heterocycles. The first-order chi connectivity index (χ1) is 11.4. The van der Waals surface area contributed by atoms with Crippen molar-refractivity contribution in [2.75, 3.05) is 13.1 Å². The predicted molar refractivity (Wildman–Crippen MR) is 87.0 cm³/mol. The monoisotopic (exact) mass is 375 g/mol. The van der Waals surface area contributed by atoms with Crippen LogP contribution in [0.1, 0.15) is 28.9 Å². The van der Waals surface area contributed by atoms with Crippen LogP contribution in [0.3, 0.4) is 0 Å². The molecule has 1 atom stereocenters. The smallest absolute Gasteiger partial charge is 0.347 e. The van der Waals surface area contributed by atoms with Gasteiger partial charge in [0.1, 0.15) is 0 Å². The van der Waals surface area contributed by atoms with Gasteiger partial charge in [-0.15, -0.1) is 17.5 Å². The van der Waals surface area contributed by atoms with E-state index in [1.165, 1.54) is 24.4 Å². The van der Waals surface area contributed by atoms with Gasteiger partial charge in [-0.1, -0.05) is 17.3 Å². The molecule has 1 aliphatic rings. The van der Waals surface area contributed by atoms with E-state index in [1.807, 2.05) is 0 Å². The van der Waals surface area contributed by atoms with Crippen molar-refractivity contribution >= 4 is 18.3 Å². The highest BCUT2D eigenvalue weighted by Gasteiger charge is 2.34. The van der Waals surface area contributed by atoms with Crippen molar-refractivity contribution in [1.29, 1.82) is 0 Å². The van der Waals surface area contributed by atoms with E-state index < -0.39 is 17.6 Å². The van der Waals surface area contributed by atoms with Crippen LogP contribution in [-0.4, -0.2) is 40.0 Å². The van der Waals surface area contributed by atoms with Gasteiger partial charge in [0.25, 0.3) is 5.91 Å². The Morgan fingerprint density at radius 3 is 2.76 bits per heavy atom. The molecule has 10 heteroatoms. The number of piperidine rings is 1. The van der Waals surface area contributed by atoms with E-state index in [-0.39, 0.29) is 29.8 Å². The molecule has 0 spiro atoms. The fraction of sp³-hybridized carbons (Fsp3) is 0.400. The van der Waals surface area contributed by atoms with Crippen LogP contribution in [0.15, 0.2) is 30.5 Å². The second kappa shape index (κ2) is 7.83.